The minimum absolute atomic E-state index is 0.225. The van der Waals surface area contributed by atoms with Crippen molar-refractivity contribution in [3.63, 3.8) is 0 Å². The second kappa shape index (κ2) is 10.6. The second-order valence-electron chi connectivity index (χ2n) is 6.16. The molecule has 6 nitrogen and oxygen atoms in total. The number of para-hydroxylation sites is 1. The molecule has 0 radical (unpaired) electrons. The van der Waals surface area contributed by atoms with E-state index in [9.17, 15) is 9.59 Å². The molecule has 7 heteroatoms. The first-order valence-electron chi connectivity index (χ1n) is 9.03. The highest BCUT2D eigenvalue weighted by molar-refractivity contribution is 6.32. The molecule has 0 aliphatic carbocycles. The normalized spacial score (nSPS) is 11.4. The topological polar surface area (TPSA) is 67.9 Å². The zero-order chi connectivity index (χ0) is 20.5. The molecule has 2 amide bonds. The van der Waals surface area contributed by atoms with Gasteiger partial charge in [0.05, 0.1) is 12.1 Å². The molecule has 0 fully saturated rings. The summed E-state index contributed by atoms with van der Waals surface area (Å²) in [4.78, 5) is 26.7. The molecule has 1 atom stereocenters. The Balaban J connectivity index is 2.17. The number of nitrogens with one attached hydrogen (secondary N) is 1. The van der Waals surface area contributed by atoms with E-state index in [4.69, 9.17) is 21.1 Å². The van der Waals surface area contributed by atoms with Crippen LogP contribution in [0.15, 0.2) is 48.5 Å². The molecule has 1 unspecified atom stereocenters. The number of hydrogen-bond donors (Lipinski definition) is 1. The number of carbonyl (C=O) groups is 2. The van der Waals surface area contributed by atoms with Crippen molar-refractivity contribution in [3.8, 4) is 11.5 Å². The maximum atomic E-state index is 12.9. The molecule has 0 saturated heterocycles. The third kappa shape index (κ3) is 5.89. The standard InChI is InChI=1S/C21H25ClN2O4/c1-4-23-21(26)15(2)24(13-16-8-7-9-17(12-16)27-3)20(25)14-28-19-11-6-5-10-18(19)22/h5-12,15H,4,13-14H2,1-3H3,(H,23,26). The van der Waals surface area contributed by atoms with E-state index in [1.54, 1.807) is 38.3 Å². The molecular formula is C21H25ClN2O4. The Morgan fingerprint density at radius 2 is 1.93 bits per heavy atom. The molecule has 0 spiro atoms. The first-order valence-corrected chi connectivity index (χ1v) is 9.41. The van der Waals surface area contributed by atoms with E-state index in [2.05, 4.69) is 5.32 Å². The quantitative estimate of drug-likeness (QED) is 0.696. The van der Waals surface area contributed by atoms with Gasteiger partial charge in [-0.1, -0.05) is 35.9 Å². The Hall–Kier alpha value is -2.73. The third-order valence-corrected chi connectivity index (χ3v) is 4.51. The van der Waals surface area contributed by atoms with Crippen LogP contribution in [0.3, 0.4) is 0 Å². The van der Waals surface area contributed by atoms with Crippen molar-refractivity contribution in [2.45, 2.75) is 26.4 Å². The number of ether oxygens (including phenoxy) is 2. The van der Waals surface area contributed by atoms with Crippen LogP contribution in [-0.4, -0.2) is 43.0 Å². The molecule has 0 aliphatic heterocycles. The van der Waals surface area contributed by atoms with Gasteiger partial charge in [-0.2, -0.15) is 0 Å². The molecule has 28 heavy (non-hydrogen) atoms. The summed E-state index contributed by atoms with van der Waals surface area (Å²) in [6.45, 7) is 4.04. The van der Waals surface area contributed by atoms with Gasteiger partial charge in [-0.25, -0.2) is 0 Å². The molecule has 2 aromatic carbocycles. The molecule has 2 aromatic rings. The summed E-state index contributed by atoms with van der Waals surface area (Å²) in [7, 11) is 1.58. The number of likely N-dealkylation sites (N-methyl/N-ethyl adjacent to an activating group) is 1. The Morgan fingerprint density at radius 3 is 2.61 bits per heavy atom. The Labute approximate surface area is 170 Å². The Bertz CT molecular complexity index is 812. The summed E-state index contributed by atoms with van der Waals surface area (Å²) < 4.78 is 10.8. The zero-order valence-electron chi connectivity index (χ0n) is 16.3. The van der Waals surface area contributed by atoms with Crippen molar-refractivity contribution in [2.24, 2.45) is 0 Å². The van der Waals surface area contributed by atoms with Gasteiger partial charge < -0.3 is 19.7 Å². The summed E-state index contributed by atoms with van der Waals surface area (Å²) in [5, 5.41) is 3.18. The predicted molar refractivity (Wildman–Crippen MR) is 109 cm³/mol. The first-order chi connectivity index (χ1) is 13.5. The highest BCUT2D eigenvalue weighted by Crippen LogP contribution is 2.23. The van der Waals surface area contributed by atoms with Crippen molar-refractivity contribution < 1.29 is 19.1 Å². The Morgan fingerprint density at radius 1 is 1.18 bits per heavy atom. The average Bonchev–Trinajstić information content (AvgIpc) is 2.71. The lowest BCUT2D eigenvalue weighted by Gasteiger charge is -2.28. The van der Waals surface area contributed by atoms with Crippen molar-refractivity contribution >= 4 is 23.4 Å². The van der Waals surface area contributed by atoms with Gasteiger partial charge in [-0.05, 0) is 43.7 Å². The maximum absolute atomic E-state index is 12.9. The monoisotopic (exact) mass is 404 g/mol. The number of methoxy groups -OCH3 is 1. The number of nitrogens with zero attached hydrogens (tertiary/aromatic N) is 1. The van der Waals surface area contributed by atoms with Gasteiger partial charge in [0, 0.05) is 13.1 Å². The number of hydrogen-bond acceptors (Lipinski definition) is 4. The molecule has 150 valence electrons. The number of rotatable bonds is 9. The molecule has 0 saturated carbocycles. The van der Waals surface area contributed by atoms with Crippen molar-refractivity contribution in [2.75, 3.05) is 20.3 Å². The molecular weight excluding hydrogens is 380 g/mol. The van der Waals surface area contributed by atoms with Gasteiger partial charge in [-0.3, -0.25) is 9.59 Å². The fourth-order valence-corrected chi connectivity index (χ4v) is 2.85. The number of benzene rings is 2. The van der Waals surface area contributed by atoms with Crippen LogP contribution >= 0.6 is 11.6 Å². The third-order valence-electron chi connectivity index (χ3n) is 4.19. The highest BCUT2D eigenvalue weighted by Gasteiger charge is 2.26. The second-order valence-corrected chi connectivity index (χ2v) is 6.57. The molecule has 0 bridgehead atoms. The van der Waals surface area contributed by atoms with E-state index in [-0.39, 0.29) is 25.0 Å². The van der Waals surface area contributed by atoms with Crippen LogP contribution in [0.2, 0.25) is 5.02 Å². The SMILES string of the molecule is CCNC(=O)C(C)N(Cc1cccc(OC)c1)C(=O)COc1ccccc1Cl. The highest BCUT2D eigenvalue weighted by atomic mass is 35.5. The van der Waals surface area contributed by atoms with Crippen LogP contribution in [0.25, 0.3) is 0 Å². The minimum Gasteiger partial charge on any atom is -0.497 e. The van der Waals surface area contributed by atoms with E-state index in [0.717, 1.165) is 5.56 Å². The average molecular weight is 405 g/mol. The molecule has 0 aliphatic rings. The van der Waals surface area contributed by atoms with Crippen LogP contribution < -0.4 is 14.8 Å². The van der Waals surface area contributed by atoms with Crippen molar-refractivity contribution in [1.82, 2.24) is 10.2 Å². The molecule has 1 N–H and O–H groups in total. The van der Waals surface area contributed by atoms with E-state index in [0.29, 0.717) is 23.1 Å². The minimum atomic E-state index is -0.659. The summed E-state index contributed by atoms with van der Waals surface area (Å²) in [6.07, 6.45) is 0. The van der Waals surface area contributed by atoms with Gasteiger partial charge >= 0.3 is 0 Å². The van der Waals surface area contributed by atoms with Gasteiger partial charge in [0.1, 0.15) is 17.5 Å². The van der Waals surface area contributed by atoms with Crippen LogP contribution in [0, 0.1) is 0 Å². The lowest BCUT2D eigenvalue weighted by Crippen LogP contribution is -2.49. The van der Waals surface area contributed by atoms with Crippen LogP contribution in [-0.2, 0) is 16.1 Å². The number of carbonyl (C=O) groups excluding carboxylic acids is 2. The fourth-order valence-electron chi connectivity index (χ4n) is 2.66. The Kier molecular flexibility index (Phi) is 8.14. The lowest BCUT2D eigenvalue weighted by molar-refractivity contribution is -0.142. The number of halogens is 1. The van der Waals surface area contributed by atoms with E-state index in [1.165, 1.54) is 4.90 Å². The number of amides is 2. The smallest absolute Gasteiger partial charge is 0.261 e. The zero-order valence-corrected chi connectivity index (χ0v) is 17.0. The summed E-state index contributed by atoms with van der Waals surface area (Å²) in [5.74, 6) is 0.561. The fraction of sp³-hybridized carbons (Fsp3) is 0.333. The molecule has 0 aromatic heterocycles. The largest absolute Gasteiger partial charge is 0.497 e. The predicted octanol–water partition coefficient (Wildman–Crippen LogP) is 3.28. The van der Waals surface area contributed by atoms with Gasteiger partial charge in [0.25, 0.3) is 5.91 Å². The lowest BCUT2D eigenvalue weighted by atomic mass is 10.1. The van der Waals surface area contributed by atoms with E-state index in [1.807, 2.05) is 31.2 Å². The van der Waals surface area contributed by atoms with E-state index < -0.39 is 6.04 Å². The molecule has 2 rings (SSSR count). The molecule has 0 heterocycles. The summed E-state index contributed by atoms with van der Waals surface area (Å²) >= 11 is 6.08. The van der Waals surface area contributed by atoms with Crippen molar-refractivity contribution in [3.05, 3.63) is 59.1 Å². The summed E-state index contributed by atoms with van der Waals surface area (Å²) in [6, 6.07) is 13.6. The van der Waals surface area contributed by atoms with Gasteiger partial charge in [0.2, 0.25) is 5.91 Å². The summed E-state index contributed by atoms with van der Waals surface area (Å²) in [5.41, 5.74) is 0.849. The van der Waals surface area contributed by atoms with Crippen LogP contribution in [0.1, 0.15) is 19.4 Å². The van der Waals surface area contributed by atoms with E-state index >= 15 is 0 Å². The van der Waals surface area contributed by atoms with Gasteiger partial charge in [0.15, 0.2) is 6.61 Å². The van der Waals surface area contributed by atoms with Crippen LogP contribution in [0.4, 0.5) is 0 Å². The van der Waals surface area contributed by atoms with Gasteiger partial charge in [-0.15, -0.1) is 0 Å². The van der Waals surface area contributed by atoms with Crippen LogP contribution in [0.5, 0.6) is 11.5 Å². The first kappa shape index (κ1) is 21.6. The van der Waals surface area contributed by atoms with Crippen molar-refractivity contribution in [1.29, 1.82) is 0 Å². The maximum Gasteiger partial charge on any atom is 0.261 e.